The maximum Gasteiger partial charge on any atom is 0.141 e. The van der Waals surface area contributed by atoms with Gasteiger partial charge < -0.3 is 10.5 Å². The van der Waals surface area contributed by atoms with E-state index in [1.165, 1.54) is 6.07 Å². The van der Waals surface area contributed by atoms with E-state index in [0.717, 1.165) is 17.3 Å². The molecule has 0 saturated heterocycles. The quantitative estimate of drug-likeness (QED) is 0.905. The van der Waals surface area contributed by atoms with Gasteiger partial charge in [0, 0.05) is 11.8 Å². The number of aryl methyl sites for hydroxylation is 1. The molecule has 0 bridgehead atoms. The Morgan fingerprint density at radius 3 is 2.72 bits per heavy atom. The summed E-state index contributed by atoms with van der Waals surface area (Å²) in [5.74, 6) is 0.298. The van der Waals surface area contributed by atoms with Crippen molar-refractivity contribution in [3.63, 3.8) is 0 Å². The second-order valence-electron chi connectivity index (χ2n) is 4.16. The van der Waals surface area contributed by atoms with Crippen LogP contribution in [-0.4, -0.2) is 12.1 Å². The summed E-state index contributed by atoms with van der Waals surface area (Å²) in [6, 6.07) is 6.67. The fourth-order valence-corrected chi connectivity index (χ4v) is 1.87. The lowest BCUT2D eigenvalue weighted by Crippen LogP contribution is -2.14. The highest BCUT2D eigenvalue weighted by Gasteiger charge is 2.15. The highest BCUT2D eigenvalue weighted by molar-refractivity contribution is 5.43. The van der Waals surface area contributed by atoms with Crippen LogP contribution in [0.3, 0.4) is 0 Å². The van der Waals surface area contributed by atoms with Crippen molar-refractivity contribution in [1.82, 2.24) is 4.98 Å². The van der Waals surface area contributed by atoms with Gasteiger partial charge >= 0.3 is 0 Å². The van der Waals surface area contributed by atoms with Crippen molar-refractivity contribution in [3.05, 3.63) is 59.2 Å². The number of pyridine rings is 1. The van der Waals surface area contributed by atoms with Crippen LogP contribution in [-0.2, 0) is 0 Å². The first-order chi connectivity index (χ1) is 8.61. The van der Waals surface area contributed by atoms with Crippen LogP contribution >= 0.6 is 0 Å². The van der Waals surface area contributed by atoms with Crippen LogP contribution in [0, 0.1) is 12.7 Å². The SMILES string of the molecule is COc1ccc(C)cc1C(N)c1cncc(F)c1. The van der Waals surface area contributed by atoms with E-state index < -0.39 is 11.9 Å². The molecule has 0 aliphatic heterocycles. The summed E-state index contributed by atoms with van der Waals surface area (Å²) >= 11 is 0. The van der Waals surface area contributed by atoms with E-state index in [4.69, 9.17) is 10.5 Å². The van der Waals surface area contributed by atoms with Gasteiger partial charge in [-0.2, -0.15) is 0 Å². The molecule has 2 rings (SSSR count). The van der Waals surface area contributed by atoms with Gasteiger partial charge in [-0.1, -0.05) is 17.7 Å². The fraction of sp³-hybridized carbons (Fsp3) is 0.214. The van der Waals surface area contributed by atoms with Gasteiger partial charge in [0.05, 0.1) is 19.3 Å². The maximum atomic E-state index is 13.2. The zero-order chi connectivity index (χ0) is 13.1. The Labute approximate surface area is 105 Å². The molecule has 94 valence electrons. The molecule has 0 fully saturated rings. The monoisotopic (exact) mass is 246 g/mol. The summed E-state index contributed by atoms with van der Waals surface area (Å²) < 4.78 is 18.4. The molecule has 1 aromatic carbocycles. The second-order valence-corrected chi connectivity index (χ2v) is 4.16. The Morgan fingerprint density at radius 1 is 1.28 bits per heavy atom. The summed E-state index contributed by atoms with van der Waals surface area (Å²) in [7, 11) is 1.59. The number of rotatable bonds is 3. The fourth-order valence-electron chi connectivity index (χ4n) is 1.87. The summed E-state index contributed by atoms with van der Waals surface area (Å²) in [5.41, 5.74) is 8.67. The third-order valence-corrected chi connectivity index (χ3v) is 2.81. The van der Waals surface area contributed by atoms with E-state index in [1.54, 1.807) is 13.3 Å². The number of methoxy groups -OCH3 is 1. The lowest BCUT2D eigenvalue weighted by molar-refractivity contribution is 0.407. The predicted molar refractivity (Wildman–Crippen MR) is 68.0 cm³/mol. The first-order valence-electron chi connectivity index (χ1n) is 5.62. The van der Waals surface area contributed by atoms with E-state index >= 15 is 0 Å². The normalized spacial score (nSPS) is 12.2. The molecule has 2 N–H and O–H groups in total. The Hall–Kier alpha value is -1.94. The first-order valence-corrected chi connectivity index (χ1v) is 5.62. The van der Waals surface area contributed by atoms with Gasteiger partial charge in [0.15, 0.2) is 0 Å². The van der Waals surface area contributed by atoms with Crippen molar-refractivity contribution in [1.29, 1.82) is 0 Å². The molecule has 0 aliphatic carbocycles. The number of hydrogen-bond donors (Lipinski definition) is 1. The highest BCUT2D eigenvalue weighted by Crippen LogP contribution is 2.29. The summed E-state index contributed by atoms with van der Waals surface area (Å²) in [6.45, 7) is 1.97. The number of nitrogens with zero attached hydrogens (tertiary/aromatic N) is 1. The Kier molecular flexibility index (Phi) is 3.58. The van der Waals surface area contributed by atoms with Crippen molar-refractivity contribution < 1.29 is 9.13 Å². The topological polar surface area (TPSA) is 48.1 Å². The maximum absolute atomic E-state index is 13.2. The minimum atomic E-state index is -0.456. The van der Waals surface area contributed by atoms with Gasteiger partial charge in [-0.05, 0) is 24.6 Å². The molecular weight excluding hydrogens is 231 g/mol. The zero-order valence-corrected chi connectivity index (χ0v) is 10.4. The number of hydrogen-bond acceptors (Lipinski definition) is 3. The molecule has 0 spiro atoms. The van der Waals surface area contributed by atoms with Gasteiger partial charge in [-0.3, -0.25) is 4.98 Å². The molecule has 3 nitrogen and oxygen atoms in total. The molecule has 1 heterocycles. The average Bonchev–Trinajstić information content (AvgIpc) is 2.38. The van der Waals surface area contributed by atoms with E-state index in [0.29, 0.717) is 11.3 Å². The molecule has 18 heavy (non-hydrogen) atoms. The van der Waals surface area contributed by atoms with E-state index in [-0.39, 0.29) is 0 Å². The van der Waals surface area contributed by atoms with Crippen molar-refractivity contribution in [2.75, 3.05) is 7.11 Å². The van der Waals surface area contributed by atoms with Crippen LogP contribution in [0.2, 0.25) is 0 Å². The van der Waals surface area contributed by atoms with Gasteiger partial charge in [-0.15, -0.1) is 0 Å². The van der Waals surface area contributed by atoms with Gasteiger partial charge in [0.2, 0.25) is 0 Å². The van der Waals surface area contributed by atoms with E-state index in [2.05, 4.69) is 4.98 Å². The number of ether oxygens (including phenoxy) is 1. The number of halogens is 1. The van der Waals surface area contributed by atoms with E-state index in [1.807, 2.05) is 25.1 Å². The van der Waals surface area contributed by atoms with Crippen LogP contribution in [0.5, 0.6) is 5.75 Å². The second kappa shape index (κ2) is 5.14. The Morgan fingerprint density at radius 2 is 2.06 bits per heavy atom. The van der Waals surface area contributed by atoms with Crippen LogP contribution in [0.25, 0.3) is 0 Å². The Bertz CT molecular complexity index is 557. The number of benzene rings is 1. The van der Waals surface area contributed by atoms with Crippen LogP contribution in [0.4, 0.5) is 4.39 Å². The molecule has 1 atom stereocenters. The standard InChI is InChI=1S/C14H15FN2O/c1-9-3-4-13(18-2)12(5-9)14(16)10-6-11(15)8-17-7-10/h3-8,14H,16H2,1-2H3. The summed E-state index contributed by atoms with van der Waals surface area (Å²) in [6.07, 6.45) is 2.72. The first kappa shape index (κ1) is 12.5. The molecule has 0 aliphatic rings. The van der Waals surface area contributed by atoms with Gasteiger partial charge in [0.1, 0.15) is 11.6 Å². The smallest absolute Gasteiger partial charge is 0.141 e. The van der Waals surface area contributed by atoms with Crippen molar-refractivity contribution in [2.45, 2.75) is 13.0 Å². The minimum Gasteiger partial charge on any atom is -0.496 e. The van der Waals surface area contributed by atoms with Crippen molar-refractivity contribution in [2.24, 2.45) is 5.73 Å². The molecule has 1 unspecified atom stereocenters. The van der Waals surface area contributed by atoms with Gasteiger partial charge in [-0.25, -0.2) is 4.39 Å². The average molecular weight is 246 g/mol. The number of aromatic nitrogens is 1. The third-order valence-electron chi connectivity index (χ3n) is 2.81. The molecule has 1 aromatic heterocycles. The summed E-state index contributed by atoms with van der Waals surface area (Å²) in [4.78, 5) is 3.81. The third kappa shape index (κ3) is 2.49. The van der Waals surface area contributed by atoms with E-state index in [9.17, 15) is 4.39 Å². The Balaban J connectivity index is 2.44. The molecule has 2 aromatic rings. The highest BCUT2D eigenvalue weighted by atomic mass is 19.1. The largest absolute Gasteiger partial charge is 0.496 e. The lowest BCUT2D eigenvalue weighted by atomic mass is 9.98. The van der Waals surface area contributed by atoms with Crippen LogP contribution < -0.4 is 10.5 Å². The van der Waals surface area contributed by atoms with Crippen molar-refractivity contribution >= 4 is 0 Å². The molecule has 0 amide bonds. The lowest BCUT2D eigenvalue weighted by Gasteiger charge is -2.16. The molecular formula is C14H15FN2O. The molecule has 0 saturated carbocycles. The zero-order valence-electron chi connectivity index (χ0n) is 10.4. The predicted octanol–water partition coefficient (Wildman–Crippen LogP) is 2.59. The number of nitrogens with two attached hydrogens (primary N) is 1. The minimum absolute atomic E-state index is 0.394. The summed E-state index contributed by atoms with van der Waals surface area (Å²) in [5, 5.41) is 0. The van der Waals surface area contributed by atoms with Crippen molar-refractivity contribution in [3.8, 4) is 5.75 Å². The van der Waals surface area contributed by atoms with Crippen LogP contribution in [0.1, 0.15) is 22.7 Å². The molecule has 4 heteroatoms. The molecule has 0 radical (unpaired) electrons. The van der Waals surface area contributed by atoms with Gasteiger partial charge in [0.25, 0.3) is 0 Å². The van der Waals surface area contributed by atoms with Crippen LogP contribution in [0.15, 0.2) is 36.7 Å².